The summed E-state index contributed by atoms with van der Waals surface area (Å²) in [5, 5.41) is 0. The van der Waals surface area contributed by atoms with E-state index in [-0.39, 0.29) is 12.0 Å². The lowest BCUT2D eigenvalue weighted by Crippen LogP contribution is -2.64. The number of hydrogen-bond acceptors (Lipinski definition) is 4. The van der Waals surface area contributed by atoms with E-state index >= 15 is 0 Å². The quantitative estimate of drug-likeness (QED) is 0.749. The van der Waals surface area contributed by atoms with Crippen LogP contribution in [0.5, 0.6) is 0 Å². The van der Waals surface area contributed by atoms with Gasteiger partial charge in [0.2, 0.25) is 0 Å². The fraction of sp³-hybridized carbons (Fsp3) is 0.933. The third kappa shape index (κ3) is 2.08. The van der Waals surface area contributed by atoms with Crippen LogP contribution in [0, 0.1) is 11.8 Å². The number of ether oxygens (including phenoxy) is 3. The van der Waals surface area contributed by atoms with Gasteiger partial charge in [-0.25, -0.2) is 9.18 Å². The number of rotatable bonds is 3. The van der Waals surface area contributed by atoms with Gasteiger partial charge in [-0.05, 0) is 44.9 Å². The number of methoxy groups -OCH3 is 1. The Hall–Kier alpha value is -0.820. The molecule has 3 fully saturated rings. The van der Waals surface area contributed by atoms with Crippen molar-refractivity contribution in [2.24, 2.45) is 11.8 Å². The van der Waals surface area contributed by atoms with E-state index in [2.05, 4.69) is 4.74 Å². The van der Waals surface area contributed by atoms with Crippen molar-refractivity contribution in [2.75, 3.05) is 7.11 Å². The molecule has 0 radical (unpaired) electrons. The van der Waals surface area contributed by atoms with Crippen LogP contribution in [-0.2, 0) is 19.0 Å². The number of carbonyl (C=O) groups is 1. The maximum atomic E-state index is 14.6. The summed E-state index contributed by atoms with van der Waals surface area (Å²) in [6, 6.07) is 0. The van der Waals surface area contributed by atoms with Gasteiger partial charge >= 0.3 is 11.9 Å². The molecule has 1 heterocycles. The van der Waals surface area contributed by atoms with Gasteiger partial charge in [0.1, 0.15) is 0 Å². The summed E-state index contributed by atoms with van der Waals surface area (Å²) in [5.41, 5.74) is -3.46. The number of esters is 1. The van der Waals surface area contributed by atoms with Gasteiger partial charge in [-0.1, -0.05) is 0 Å². The van der Waals surface area contributed by atoms with Crippen LogP contribution in [0.3, 0.4) is 0 Å². The molecule has 0 amide bonds. The molecule has 0 spiro atoms. The standard InChI is InChI=1S/C15H21F3O4/c1-7-12(15(17,18)14(2,16)13(19)20-3)22-11-9-5-4-8(6-9)10(11)21-7/h7-12H,4-6H2,1-3H3. The van der Waals surface area contributed by atoms with Crippen LogP contribution in [0.1, 0.15) is 33.1 Å². The van der Waals surface area contributed by atoms with Gasteiger partial charge in [0.25, 0.3) is 5.67 Å². The molecule has 0 aromatic rings. The van der Waals surface area contributed by atoms with Crippen molar-refractivity contribution in [2.45, 2.75) is 69.1 Å². The van der Waals surface area contributed by atoms with E-state index in [9.17, 15) is 18.0 Å². The van der Waals surface area contributed by atoms with Gasteiger partial charge in [0.15, 0.2) is 6.10 Å². The Morgan fingerprint density at radius 2 is 1.68 bits per heavy atom. The highest BCUT2D eigenvalue weighted by molar-refractivity contribution is 5.80. The highest BCUT2D eigenvalue weighted by Gasteiger charge is 2.67. The molecule has 4 nitrogen and oxygen atoms in total. The number of carbonyl (C=O) groups excluding carboxylic acids is 1. The molecule has 7 unspecified atom stereocenters. The van der Waals surface area contributed by atoms with E-state index in [0.717, 1.165) is 26.4 Å². The maximum absolute atomic E-state index is 14.6. The summed E-state index contributed by atoms with van der Waals surface area (Å²) in [6.07, 6.45) is -0.566. The molecule has 1 aliphatic heterocycles. The van der Waals surface area contributed by atoms with E-state index in [1.807, 2.05) is 0 Å². The van der Waals surface area contributed by atoms with Gasteiger partial charge in [0, 0.05) is 0 Å². The Morgan fingerprint density at radius 3 is 2.23 bits per heavy atom. The maximum Gasteiger partial charge on any atom is 0.349 e. The number of hydrogen-bond donors (Lipinski definition) is 0. The van der Waals surface area contributed by atoms with E-state index in [0.29, 0.717) is 12.8 Å². The van der Waals surface area contributed by atoms with Gasteiger partial charge in [-0.15, -0.1) is 0 Å². The predicted octanol–water partition coefficient (Wildman–Crippen LogP) is 2.49. The molecule has 2 bridgehead atoms. The van der Waals surface area contributed by atoms with Crippen LogP contribution < -0.4 is 0 Å². The first-order valence-corrected chi connectivity index (χ1v) is 7.66. The van der Waals surface area contributed by atoms with E-state index < -0.39 is 35.9 Å². The van der Waals surface area contributed by atoms with Gasteiger partial charge in [0.05, 0.1) is 25.4 Å². The van der Waals surface area contributed by atoms with Crippen molar-refractivity contribution in [3.05, 3.63) is 0 Å². The third-order valence-electron chi connectivity index (χ3n) is 5.42. The molecule has 2 saturated carbocycles. The summed E-state index contributed by atoms with van der Waals surface area (Å²) >= 11 is 0. The van der Waals surface area contributed by atoms with Crippen LogP contribution in [-0.4, -0.2) is 49.1 Å². The molecule has 1 saturated heterocycles. The van der Waals surface area contributed by atoms with Crippen LogP contribution in [0.4, 0.5) is 13.2 Å². The van der Waals surface area contributed by atoms with Gasteiger partial charge in [-0.2, -0.15) is 8.78 Å². The van der Waals surface area contributed by atoms with Crippen LogP contribution >= 0.6 is 0 Å². The first kappa shape index (κ1) is 16.1. The van der Waals surface area contributed by atoms with E-state index in [4.69, 9.17) is 9.47 Å². The molecule has 22 heavy (non-hydrogen) atoms. The Balaban J connectivity index is 1.83. The molecular weight excluding hydrogens is 301 g/mol. The first-order valence-electron chi connectivity index (χ1n) is 7.66. The predicted molar refractivity (Wildman–Crippen MR) is 70.3 cm³/mol. The minimum absolute atomic E-state index is 0.185. The lowest BCUT2D eigenvalue weighted by Gasteiger charge is -2.46. The fourth-order valence-corrected chi connectivity index (χ4v) is 4.14. The monoisotopic (exact) mass is 322 g/mol. The minimum Gasteiger partial charge on any atom is -0.466 e. The largest absolute Gasteiger partial charge is 0.466 e. The van der Waals surface area contributed by atoms with E-state index in [1.165, 1.54) is 6.92 Å². The minimum atomic E-state index is -4.04. The Bertz CT molecular complexity index is 468. The second kappa shape index (κ2) is 5.09. The molecule has 2 aliphatic carbocycles. The second-order valence-corrected chi connectivity index (χ2v) is 6.78. The zero-order valence-corrected chi connectivity index (χ0v) is 12.9. The lowest BCUT2D eigenvalue weighted by molar-refractivity contribution is -0.305. The van der Waals surface area contributed by atoms with Crippen molar-refractivity contribution in [1.29, 1.82) is 0 Å². The molecule has 0 N–H and O–H groups in total. The smallest absolute Gasteiger partial charge is 0.349 e. The molecular formula is C15H21F3O4. The fourth-order valence-electron chi connectivity index (χ4n) is 4.14. The van der Waals surface area contributed by atoms with Crippen LogP contribution in [0.25, 0.3) is 0 Å². The topological polar surface area (TPSA) is 44.8 Å². The van der Waals surface area contributed by atoms with Crippen LogP contribution in [0.2, 0.25) is 0 Å². The zero-order valence-electron chi connectivity index (χ0n) is 12.9. The van der Waals surface area contributed by atoms with Gasteiger partial charge < -0.3 is 14.2 Å². The molecule has 3 aliphatic rings. The number of alkyl halides is 3. The van der Waals surface area contributed by atoms with Crippen molar-refractivity contribution >= 4 is 5.97 Å². The SMILES string of the molecule is COC(=O)C(C)(F)C(F)(F)C1OC2C3CCC(C3)C2OC1C. The van der Waals surface area contributed by atoms with Crippen molar-refractivity contribution in [3.8, 4) is 0 Å². The number of halogens is 3. The van der Waals surface area contributed by atoms with Crippen molar-refractivity contribution in [3.63, 3.8) is 0 Å². The van der Waals surface area contributed by atoms with Gasteiger partial charge in [-0.3, -0.25) is 0 Å². The average molecular weight is 322 g/mol. The Labute approximate surface area is 127 Å². The molecule has 126 valence electrons. The van der Waals surface area contributed by atoms with Crippen molar-refractivity contribution < 1.29 is 32.2 Å². The second-order valence-electron chi connectivity index (χ2n) is 6.78. The summed E-state index contributed by atoms with van der Waals surface area (Å²) in [7, 11) is 0.879. The number of fused-ring (bicyclic) bond motifs is 5. The molecule has 0 aromatic carbocycles. The van der Waals surface area contributed by atoms with E-state index in [1.54, 1.807) is 0 Å². The van der Waals surface area contributed by atoms with Crippen LogP contribution in [0.15, 0.2) is 0 Å². The summed E-state index contributed by atoms with van der Waals surface area (Å²) < 4.78 is 59.1. The summed E-state index contributed by atoms with van der Waals surface area (Å²) in [5.74, 6) is -5.12. The lowest BCUT2D eigenvalue weighted by atomic mass is 9.88. The molecule has 7 atom stereocenters. The third-order valence-corrected chi connectivity index (χ3v) is 5.42. The highest BCUT2D eigenvalue weighted by atomic mass is 19.3. The highest BCUT2D eigenvalue weighted by Crippen LogP contribution is 2.52. The Morgan fingerprint density at radius 1 is 1.14 bits per heavy atom. The molecule has 3 rings (SSSR count). The Kier molecular flexibility index (Phi) is 3.72. The zero-order chi connectivity index (χ0) is 16.3. The normalized spacial score (nSPS) is 43.5. The molecule has 0 aromatic heterocycles. The first-order chi connectivity index (χ1) is 10.2. The summed E-state index contributed by atoms with van der Waals surface area (Å²) in [4.78, 5) is 11.4. The molecule has 7 heteroatoms. The summed E-state index contributed by atoms with van der Waals surface area (Å²) in [6.45, 7) is 1.97. The average Bonchev–Trinajstić information content (AvgIpc) is 3.06. The van der Waals surface area contributed by atoms with Crippen molar-refractivity contribution in [1.82, 2.24) is 0 Å².